The first-order valence-corrected chi connectivity index (χ1v) is 6.04. The van der Waals surface area contributed by atoms with Crippen LogP contribution >= 0.6 is 0 Å². The Morgan fingerprint density at radius 2 is 1.63 bits per heavy atom. The summed E-state index contributed by atoms with van der Waals surface area (Å²) in [6, 6.07) is 11.4. The maximum absolute atomic E-state index is 9.21. The Morgan fingerprint density at radius 1 is 1.00 bits per heavy atom. The van der Waals surface area contributed by atoms with Gasteiger partial charge in [-0.25, -0.2) is 0 Å². The lowest BCUT2D eigenvalue weighted by atomic mass is 10.0. The fraction of sp³-hybridized carbons (Fsp3) is 0.200. The van der Waals surface area contributed by atoms with Crippen LogP contribution in [-0.2, 0) is 13.0 Å². The minimum absolute atomic E-state index is 0.0509. The van der Waals surface area contributed by atoms with Crippen molar-refractivity contribution >= 4 is 11.4 Å². The van der Waals surface area contributed by atoms with Crippen LogP contribution in [0.2, 0.25) is 0 Å². The van der Waals surface area contributed by atoms with E-state index in [9.17, 15) is 5.11 Å². The Labute approximate surface area is 112 Å². The van der Waals surface area contributed by atoms with E-state index in [1.165, 1.54) is 0 Å². The van der Waals surface area contributed by atoms with Crippen LogP contribution < -0.4 is 16.2 Å². The maximum Gasteiger partial charge on any atom is 0.142 e. The van der Waals surface area contributed by atoms with Crippen molar-refractivity contribution < 1.29 is 9.84 Å². The molecule has 0 aliphatic rings. The van der Waals surface area contributed by atoms with E-state index in [-0.39, 0.29) is 6.61 Å². The molecule has 0 saturated carbocycles. The van der Waals surface area contributed by atoms with Crippen molar-refractivity contribution in [1.29, 1.82) is 0 Å². The summed E-state index contributed by atoms with van der Waals surface area (Å²) in [5.41, 5.74) is 15.7. The Morgan fingerprint density at radius 3 is 2.26 bits per heavy atom. The number of anilines is 2. The van der Waals surface area contributed by atoms with Gasteiger partial charge in [-0.1, -0.05) is 18.2 Å². The third kappa shape index (κ3) is 2.98. The number of nitrogens with two attached hydrogens (primary N) is 2. The third-order valence-electron chi connectivity index (χ3n) is 3.08. The van der Waals surface area contributed by atoms with Crippen LogP contribution in [0.4, 0.5) is 11.4 Å². The average molecular weight is 258 g/mol. The molecule has 0 spiro atoms. The molecule has 0 aromatic heterocycles. The summed E-state index contributed by atoms with van der Waals surface area (Å²) < 4.78 is 5.20. The van der Waals surface area contributed by atoms with Crippen LogP contribution in [-0.4, -0.2) is 12.2 Å². The second-order valence-electron chi connectivity index (χ2n) is 4.44. The molecular formula is C15H18N2O2. The number of nitrogen functional groups attached to an aromatic ring is 2. The topological polar surface area (TPSA) is 81.5 Å². The molecule has 0 amide bonds. The fourth-order valence-corrected chi connectivity index (χ4v) is 2.01. The second-order valence-corrected chi connectivity index (χ2v) is 4.44. The molecular weight excluding hydrogens is 240 g/mol. The molecule has 5 N–H and O–H groups in total. The van der Waals surface area contributed by atoms with Crippen molar-refractivity contribution in [2.75, 3.05) is 18.6 Å². The number of hydrogen-bond acceptors (Lipinski definition) is 4. The number of hydrogen-bond donors (Lipinski definition) is 3. The summed E-state index contributed by atoms with van der Waals surface area (Å²) >= 11 is 0. The predicted molar refractivity (Wildman–Crippen MR) is 77.0 cm³/mol. The van der Waals surface area contributed by atoms with Crippen molar-refractivity contribution in [3.63, 3.8) is 0 Å². The monoisotopic (exact) mass is 258 g/mol. The lowest BCUT2D eigenvalue weighted by Gasteiger charge is -2.09. The number of aliphatic hydroxyl groups is 1. The standard InChI is InChI=1S/C15H18N2O2/c1-19-15-8-11(3-5-14(15)17)6-10-2-4-13(16)12(7-10)9-18/h2-5,7-8,18H,6,9,16-17H2,1H3. The van der Waals surface area contributed by atoms with Crippen molar-refractivity contribution in [3.8, 4) is 5.75 Å². The van der Waals surface area contributed by atoms with Crippen molar-refractivity contribution in [3.05, 3.63) is 53.1 Å². The van der Waals surface area contributed by atoms with Gasteiger partial charge in [0.25, 0.3) is 0 Å². The Balaban J connectivity index is 2.25. The van der Waals surface area contributed by atoms with Gasteiger partial charge in [-0.15, -0.1) is 0 Å². The van der Waals surface area contributed by atoms with Crippen LogP contribution in [0.5, 0.6) is 5.75 Å². The summed E-state index contributed by atoms with van der Waals surface area (Å²) in [6.45, 7) is -0.0509. The summed E-state index contributed by atoms with van der Waals surface area (Å²) in [5, 5.41) is 9.21. The SMILES string of the molecule is COc1cc(Cc2ccc(N)c(CO)c2)ccc1N. The average Bonchev–Trinajstić information content (AvgIpc) is 2.43. The van der Waals surface area contributed by atoms with Gasteiger partial charge in [-0.05, 0) is 35.7 Å². The van der Waals surface area contributed by atoms with E-state index in [4.69, 9.17) is 16.2 Å². The van der Waals surface area contributed by atoms with Crippen LogP contribution in [0, 0.1) is 0 Å². The second kappa shape index (κ2) is 5.63. The molecule has 100 valence electrons. The van der Waals surface area contributed by atoms with Gasteiger partial charge in [-0.2, -0.15) is 0 Å². The third-order valence-corrected chi connectivity index (χ3v) is 3.08. The molecule has 0 saturated heterocycles. The highest BCUT2D eigenvalue weighted by Gasteiger charge is 2.04. The highest BCUT2D eigenvalue weighted by Crippen LogP contribution is 2.24. The number of methoxy groups -OCH3 is 1. The van der Waals surface area contributed by atoms with E-state index in [1.54, 1.807) is 7.11 Å². The molecule has 4 heteroatoms. The van der Waals surface area contributed by atoms with E-state index in [0.717, 1.165) is 23.1 Å². The van der Waals surface area contributed by atoms with Gasteiger partial charge in [-0.3, -0.25) is 0 Å². The minimum Gasteiger partial charge on any atom is -0.495 e. The van der Waals surface area contributed by atoms with E-state index < -0.39 is 0 Å². The van der Waals surface area contributed by atoms with Crippen molar-refractivity contribution in [1.82, 2.24) is 0 Å². The molecule has 4 nitrogen and oxygen atoms in total. The number of ether oxygens (including phenoxy) is 1. The van der Waals surface area contributed by atoms with Gasteiger partial charge in [0.15, 0.2) is 0 Å². The van der Waals surface area contributed by atoms with Gasteiger partial charge in [0.1, 0.15) is 5.75 Å². The molecule has 0 radical (unpaired) electrons. The zero-order chi connectivity index (χ0) is 13.8. The van der Waals surface area contributed by atoms with E-state index in [1.807, 2.05) is 36.4 Å². The first kappa shape index (κ1) is 13.2. The minimum atomic E-state index is -0.0509. The predicted octanol–water partition coefficient (Wildman–Crippen LogP) is 1.94. The zero-order valence-electron chi connectivity index (χ0n) is 10.9. The Hall–Kier alpha value is -2.20. The van der Waals surface area contributed by atoms with Crippen molar-refractivity contribution in [2.24, 2.45) is 0 Å². The fourth-order valence-electron chi connectivity index (χ4n) is 2.01. The Bertz CT molecular complexity index is 531. The van der Waals surface area contributed by atoms with Gasteiger partial charge < -0.3 is 21.3 Å². The van der Waals surface area contributed by atoms with Gasteiger partial charge >= 0.3 is 0 Å². The summed E-state index contributed by atoms with van der Waals surface area (Å²) in [7, 11) is 1.60. The van der Waals surface area contributed by atoms with E-state index >= 15 is 0 Å². The molecule has 2 aromatic rings. The molecule has 0 heterocycles. The highest BCUT2D eigenvalue weighted by atomic mass is 16.5. The normalized spacial score (nSPS) is 10.4. The quantitative estimate of drug-likeness (QED) is 0.732. The lowest BCUT2D eigenvalue weighted by molar-refractivity contribution is 0.282. The summed E-state index contributed by atoms with van der Waals surface area (Å²) in [4.78, 5) is 0. The zero-order valence-corrected chi connectivity index (χ0v) is 10.9. The van der Waals surface area contributed by atoms with Crippen LogP contribution in [0.25, 0.3) is 0 Å². The van der Waals surface area contributed by atoms with Gasteiger partial charge in [0.2, 0.25) is 0 Å². The van der Waals surface area contributed by atoms with E-state index in [2.05, 4.69) is 0 Å². The molecule has 0 atom stereocenters. The lowest BCUT2D eigenvalue weighted by Crippen LogP contribution is -1.98. The Kier molecular flexibility index (Phi) is 3.92. The maximum atomic E-state index is 9.21. The number of benzene rings is 2. The number of aliphatic hydroxyl groups excluding tert-OH is 1. The molecule has 0 fully saturated rings. The first-order valence-electron chi connectivity index (χ1n) is 6.04. The summed E-state index contributed by atoms with van der Waals surface area (Å²) in [6.07, 6.45) is 0.740. The molecule has 2 rings (SSSR count). The van der Waals surface area contributed by atoms with Gasteiger partial charge in [0, 0.05) is 11.3 Å². The highest BCUT2D eigenvalue weighted by molar-refractivity contribution is 5.55. The van der Waals surface area contributed by atoms with Crippen LogP contribution in [0.1, 0.15) is 16.7 Å². The van der Waals surface area contributed by atoms with E-state index in [0.29, 0.717) is 17.1 Å². The van der Waals surface area contributed by atoms with Crippen LogP contribution in [0.15, 0.2) is 36.4 Å². The molecule has 0 aliphatic heterocycles. The molecule has 2 aromatic carbocycles. The smallest absolute Gasteiger partial charge is 0.142 e. The van der Waals surface area contributed by atoms with Crippen molar-refractivity contribution in [2.45, 2.75) is 13.0 Å². The number of rotatable bonds is 4. The first-order chi connectivity index (χ1) is 9.13. The molecule has 0 unspecified atom stereocenters. The molecule has 0 bridgehead atoms. The molecule has 0 aliphatic carbocycles. The summed E-state index contributed by atoms with van der Waals surface area (Å²) in [5.74, 6) is 0.676. The largest absolute Gasteiger partial charge is 0.495 e. The van der Waals surface area contributed by atoms with Crippen LogP contribution in [0.3, 0.4) is 0 Å². The molecule has 19 heavy (non-hydrogen) atoms. The van der Waals surface area contributed by atoms with Gasteiger partial charge in [0.05, 0.1) is 19.4 Å².